The smallest absolute Gasteiger partial charge is 0.173 e. The van der Waals surface area contributed by atoms with Crippen molar-refractivity contribution in [3.63, 3.8) is 0 Å². The molecule has 0 aliphatic carbocycles. The van der Waals surface area contributed by atoms with Gasteiger partial charge in [-0.05, 0) is 13.8 Å². The summed E-state index contributed by atoms with van der Waals surface area (Å²) in [5.41, 5.74) is 0.637. The number of benzene rings is 1. The fourth-order valence-corrected chi connectivity index (χ4v) is 1.55. The summed E-state index contributed by atoms with van der Waals surface area (Å²) in [5.74, 6) is 0.0474. The van der Waals surface area contributed by atoms with Gasteiger partial charge in [-0.15, -0.1) is 0 Å². The first-order chi connectivity index (χ1) is 7.02. The van der Waals surface area contributed by atoms with Crippen molar-refractivity contribution < 1.29 is 5.21 Å². The minimum absolute atomic E-state index is 0.0474. The quantitative estimate of drug-likeness (QED) is 0.732. The Labute approximate surface area is 88.3 Å². The third kappa shape index (κ3) is 1.53. The maximum absolute atomic E-state index is 9.65. The van der Waals surface area contributed by atoms with E-state index in [0.717, 1.165) is 10.6 Å². The van der Waals surface area contributed by atoms with Gasteiger partial charge in [-0.1, -0.05) is 30.3 Å². The molecule has 1 aromatic rings. The monoisotopic (exact) mass is 203 g/mol. The van der Waals surface area contributed by atoms with E-state index in [1.165, 1.54) is 0 Å². The van der Waals surface area contributed by atoms with E-state index in [9.17, 15) is 5.21 Å². The zero-order chi connectivity index (χ0) is 11.1. The highest BCUT2D eigenvalue weighted by Crippen LogP contribution is 2.24. The fourth-order valence-electron chi connectivity index (χ4n) is 1.55. The van der Waals surface area contributed by atoms with E-state index in [4.69, 9.17) is 5.41 Å². The molecule has 0 saturated carbocycles. The molecule has 0 atom stereocenters. The van der Waals surface area contributed by atoms with Gasteiger partial charge in [-0.3, -0.25) is 15.6 Å². The Balaban J connectivity index is 2.45. The van der Waals surface area contributed by atoms with Crippen LogP contribution in [0.1, 0.15) is 19.4 Å². The second kappa shape index (κ2) is 3.17. The van der Waals surface area contributed by atoms with Crippen LogP contribution in [0.5, 0.6) is 0 Å². The first-order valence-electron chi connectivity index (χ1n) is 4.76. The Morgan fingerprint density at radius 3 is 2.33 bits per heavy atom. The summed E-state index contributed by atoms with van der Waals surface area (Å²) >= 11 is 0. The van der Waals surface area contributed by atoms with Gasteiger partial charge in [-0.2, -0.15) is 0 Å². The molecule has 78 valence electrons. The molecule has 0 unspecified atom stereocenters. The van der Waals surface area contributed by atoms with Crippen LogP contribution in [0.15, 0.2) is 35.3 Å². The van der Waals surface area contributed by atoms with Gasteiger partial charge in [0.15, 0.2) is 11.5 Å². The molecule has 0 saturated heterocycles. The van der Waals surface area contributed by atoms with Crippen molar-refractivity contribution in [2.45, 2.75) is 19.5 Å². The molecule has 1 aromatic carbocycles. The summed E-state index contributed by atoms with van der Waals surface area (Å²) in [6, 6.07) is 9.44. The number of hydroxylamine groups is 2. The average molecular weight is 203 g/mol. The predicted molar refractivity (Wildman–Crippen MR) is 58.4 cm³/mol. The molecular formula is C11H13N3O. The number of amidine groups is 1. The Hall–Kier alpha value is -1.68. The van der Waals surface area contributed by atoms with Gasteiger partial charge in [0.1, 0.15) is 5.71 Å². The Bertz CT molecular complexity index is 423. The molecular weight excluding hydrogens is 190 g/mol. The molecule has 0 radical (unpaired) electrons. The lowest BCUT2D eigenvalue weighted by atomic mass is 10.1. The maximum Gasteiger partial charge on any atom is 0.173 e. The number of nitrogens with one attached hydrogen (secondary N) is 1. The zero-order valence-corrected chi connectivity index (χ0v) is 8.73. The zero-order valence-electron chi connectivity index (χ0n) is 8.73. The minimum Gasteiger partial charge on any atom is -0.285 e. The van der Waals surface area contributed by atoms with Crippen LogP contribution in [0.2, 0.25) is 0 Å². The van der Waals surface area contributed by atoms with Gasteiger partial charge < -0.3 is 0 Å². The first kappa shape index (κ1) is 9.86. The van der Waals surface area contributed by atoms with Crippen LogP contribution in [-0.2, 0) is 0 Å². The molecule has 2 rings (SSSR count). The molecule has 0 spiro atoms. The van der Waals surface area contributed by atoms with Crippen LogP contribution in [0.3, 0.4) is 0 Å². The molecule has 1 heterocycles. The van der Waals surface area contributed by atoms with Crippen LogP contribution >= 0.6 is 0 Å². The third-order valence-electron chi connectivity index (χ3n) is 2.39. The molecule has 1 aliphatic rings. The van der Waals surface area contributed by atoms with E-state index < -0.39 is 5.66 Å². The van der Waals surface area contributed by atoms with Crippen LogP contribution < -0.4 is 0 Å². The molecule has 4 heteroatoms. The third-order valence-corrected chi connectivity index (χ3v) is 2.39. The second-order valence-electron chi connectivity index (χ2n) is 3.98. The Morgan fingerprint density at radius 1 is 1.27 bits per heavy atom. The number of rotatable bonds is 1. The molecule has 2 N–H and O–H groups in total. The summed E-state index contributed by atoms with van der Waals surface area (Å²) in [5, 5.41) is 18.3. The van der Waals surface area contributed by atoms with Gasteiger partial charge in [0.05, 0.1) is 0 Å². The normalized spacial score (nSPS) is 19.3. The van der Waals surface area contributed by atoms with Gasteiger partial charge in [0, 0.05) is 5.56 Å². The second-order valence-corrected chi connectivity index (χ2v) is 3.98. The molecule has 0 bridgehead atoms. The lowest BCUT2D eigenvalue weighted by molar-refractivity contribution is -0.0814. The summed E-state index contributed by atoms with van der Waals surface area (Å²) in [7, 11) is 0. The van der Waals surface area contributed by atoms with Crippen LogP contribution in [-0.4, -0.2) is 27.5 Å². The van der Waals surface area contributed by atoms with Crippen molar-refractivity contribution in [1.29, 1.82) is 5.41 Å². The van der Waals surface area contributed by atoms with Gasteiger partial charge in [0.2, 0.25) is 0 Å². The van der Waals surface area contributed by atoms with E-state index in [1.807, 2.05) is 30.3 Å². The number of hydrogen-bond donors (Lipinski definition) is 2. The summed E-state index contributed by atoms with van der Waals surface area (Å²) < 4.78 is 0. The largest absolute Gasteiger partial charge is 0.285 e. The minimum atomic E-state index is -0.748. The van der Waals surface area contributed by atoms with E-state index in [2.05, 4.69) is 4.99 Å². The molecule has 0 fully saturated rings. The highest BCUT2D eigenvalue weighted by Gasteiger charge is 2.37. The summed E-state index contributed by atoms with van der Waals surface area (Å²) in [6.07, 6.45) is 0. The van der Waals surface area contributed by atoms with E-state index in [-0.39, 0.29) is 5.84 Å². The summed E-state index contributed by atoms with van der Waals surface area (Å²) in [6.45, 7) is 3.52. The van der Waals surface area contributed by atoms with Crippen molar-refractivity contribution in [3.8, 4) is 0 Å². The SMILES string of the molecule is CC1(C)N=C(c2ccccc2)C(=N)N1O. The van der Waals surface area contributed by atoms with Gasteiger partial charge in [0.25, 0.3) is 0 Å². The molecule has 0 aromatic heterocycles. The van der Waals surface area contributed by atoms with Crippen LogP contribution in [0.25, 0.3) is 0 Å². The Kier molecular flexibility index (Phi) is 2.08. The highest BCUT2D eigenvalue weighted by atomic mass is 16.5. The van der Waals surface area contributed by atoms with Crippen molar-refractivity contribution >= 4 is 11.5 Å². The molecule has 4 nitrogen and oxygen atoms in total. The van der Waals surface area contributed by atoms with E-state index >= 15 is 0 Å². The standard InChI is InChI=1S/C11H13N3O/c1-11(2)13-9(10(12)14(11)15)8-6-4-3-5-7-8/h3-7,12,15H,1-2H3. The molecule has 1 aliphatic heterocycles. The van der Waals surface area contributed by atoms with Crippen molar-refractivity contribution in [1.82, 2.24) is 5.06 Å². The van der Waals surface area contributed by atoms with Crippen LogP contribution in [0, 0.1) is 5.41 Å². The number of nitrogens with zero attached hydrogens (tertiary/aromatic N) is 2. The average Bonchev–Trinajstić information content (AvgIpc) is 2.44. The summed E-state index contributed by atoms with van der Waals surface area (Å²) in [4.78, 5) is 4.32. The van der Waals surface area contributed by atoms with Crippen LogP contribution in [0.4, 0.5) is 0 Å². The molecule has 15 heavy (non-hydrogen) atoms. The first-order valence-corrected chi connectivity index (χ1v) is 4.76. The van der Waals surface area contributed by atoms with Crippen molar-refractivity contribution in [2.75, 3.05) is 0 Å². The van der Waals surface area contributed by atoms with Gasteiger partial charge >= 0.3 is 0 Å². The lowest BCUT2D eigenvalue weighted by Gasteiger charge is -2.23. The predicted octanol–water partition coefficient (Wildman–Crippen LogP) is 1.89. The van der Waals surface area contributed by atoms with E-state index in [1.54, 1.807) is 13.8 Å². The molecule has 0 amide bonds. The fraction of sp³-hybridized carbons (Fsp3) is 0.273. The highest BCUT2D eigenvalue weighted by molar-refractivity contribution is 6.47. The number of hydrogen-bond acceptors (Lipinski definition) is 3. The Morgan fingerprint density at radius 2 is 1.87 bits per heavy atom. The van der Waals surface area contributed by atoms with E-state index in [0.29, 0.717) is 5.71 Å². The lowest BCUT2D eigenvalue weighted by Crippen LogP contribution is -2.39. The number of aliphatic imine (C=N–C) groups is 1. The maximum atomic E-state index is 9.65. The van der Waals surface area contributed by atoms with Crippen molar-refractivity contribution in [2.24, 2.45) is 4.99 Å². The van der Waals surface area contributed by atoms with Gasteiger partial charge in [-0.25, -0.2) is 5.06 Å². The topological polar surface area (TPSA) is 59.7 Å². The van der Waals surface area contributed by atoms with Crippen molar-refractivity contribution in [3.05, 3.63) is 35.9 Å².